The Labute approximate surface area is 131 Å². The van der Waals surface area contributed by atoms with Crippen molar-refractivity contribution in [3.8, 4) is 5.75 Å². The summed E-state index contributed by atoms with van der Waals surface area (Å²) in [6, 6.07) is 17.5. The molecule has 2 aromatic rings. The maximum Gasteiger partial charge on any atom is 0.244 e. The lowest BCUT2D eigenvalue weighted by molar-refractivity contribution is -0.117. The van der Waals surface area contributed by atoms with E-state index in [0.29, 0.717) is 0 Å². The van der Waals surface area contributed by atoms with Crippen LogP contribution in [0, 0.1) is 0 Å². The van der Waals surface area contributed by atoms with Gasteiger partial charge in [0, 0.05) is 6.08 Å². The first kappa shape index (κ1) is 15.8. The summed E-state index contributed by atoms with van der Waals surface area (Å²) in [6.07, 6.45) is 4.22. The van der Waals surface area contributed by atoms with Crippen molar-refractivity contribution in [3.05, 3.63) is 71.8 Å². The van der Waals surface area contributed by atoms with Crippen molar-refractivity contribution >= 4 is 12.0 Å². The molecule has 1 atom stereocenters. The number of hydrogen-bond acceptors (Lipinski definition) is 2. The fraction of sp³-hybridized carbons (Fsp3) is 0.211. The summed E-state index contributed by atoms with van der Waals surface area (Å²) in [5, 5.41) is 3.02. The lowest BCUT2D eigenvalue weighted by Crippen LogP contribution is -2.26. The molecule has 2 rings (SSSR count). The molecule has 114 valence electrons. The number of carbonyl (C=O) groups is 1. The van der Waals surface area contributed by atoms with E-state index in [9.17, 15) is 4.79 Å². The van der Waals surface area contributed by atoms with Crippen molar-refractivity contribution in [2.45, 2.75) is 19.4 Å². The predicted octanol–water partition coefficient (Wildman–Crippen LogP) is 3.98. The molecule has 0 aliphatic carbocycles. The van der Waals surface area contributed by atoms with Gasteiger partial charge >= 0.3 is 0 Å². The van der Waals surface area contributed by atoms with Crippen LogP contribution in [0.3, 0.4) is 0 Å². The summed E-state index contributed by atoms with van der Waals surface area (Å²) in [4.78, 5) is 12.1. The molecule has 0 aromatic heterocycles. The SMILES string of the molecule is CC[C@@H](NC(=O)/C=C/c1ccccc1)c1ccc(OC)cc1. The Bertz CT molecular complexity index is 618. The van der Waals surface area contributed by atoms with Gasteiger partial charge in [0.1, 0.15) is 5.75 Å². The van der Waals surface area contributed by atoms with Gasteiger partial charge in [0.2, 0.25) is 5.91 Å². The van der Waals surface area contributed by atoms with Crippen LogP contribution in [0.2, 0.25) is 0 Å². The number of rotatable bonds is 6. The van der Waals surface area contributed by atoms with Crippen LogP contribution >= 0.6 is 0 Å². The van der Waals surface area contributed by atoms with Gasteiger partial charge in [0.05, 0.1) is 13.2 Å². The average Bonchev–Trinajstić information content (AvgIpc) is 2.59. The molecule has 3 heteroatoms. The maximum atomic E-state index is 12.1. The van der Waals surface area contributed by atoms with Crippen LogP contribution in [0.1, 0.15) is 30.5 Å². The van der Waals surface area contributed by atoms with Crippen LogP contribution in [-0.4, -0.2) is 13.0 Å². The molecule has 0 radical (unpaired) electrons. The summed E-state index contributed by atoms with van der Waals surface area (Å²) in [6.45, 7) is 2.05. The van der Waals surface area contributed by atoms with Crippen LogP contribution in [0.5, 0.6) is 5.75 Å². The van der Waals surface area contributed by atoms with E-state index in [-0.39, 0.29) is 11.9 Å². The Morgan fingerprint density at radius 1 is 1.14 bits per heavy atom. The van der Waals surface area contributed by atoms with Crippen molar-refractivity contribution < 1.29 is 9.53 Å². The van der Waals surface area contributed by atoms with E-state index >= 15 is 0 Å². The van der Waals surface area contributed by atoms with Crippen molar-refractivity contribution in [2.75, 3.05) is 7.11 Å². The third-order valence-electron chi connectivity index (χ3n) is 3.47. The number of amides is 1. The van der Waals surface area contributed by atoms with E-state index in [0.717, 1.165) is 23.3 Å². The highest BCUT2D eigenvalue weighted by Crippen LogP contribution is 2.20. The molecule has 1 amide bonds. The molecule has 0 fully saturated rings. The Hall–Kier alpha value is -2.55. The highest BCUT2D eigenvalue weighted by atomic mass is 16.5. The molecule has 3 nitrogen and oxygen atoms in total. The van der Waals surface area contributed by atoms with Crippen molar-refractivity contribution in [1.82, 2.24) is 5.32 Å². The van der Waals surface area contributed by atoms with Gasteiger partial charge < -0.3 is 10.1 Å². The van der Waals surface area contributed by atoms with Crippen LogP contribution in [0.25, 0.3) is 6.08 Å². The Balaban J connectivity index is 1.99. The molecule has 22 heavy (non-hydrogen) atoms. The first-order valence-electron chi connectivity index (χ1n) is 7.40. The fourth-order valence-corrected chi connectivity index (χ4v) is 2.21. The smallest absolute Gasteiger partial charge is 0.244 e. The highest BCUT2D eigenvalue weighted by molar-refractivity contribution is 5.91. The summed E-state index contributed by atoms with van der Waals surface area (Å²) in [5.74, 6) is 0.723. The molecule has 1 N–H and O–H groups in total. The number of methoxy groups -OCH3 is 1. The zero-order valence-corrected chi connectivity index (χ0v) is 13.0. The first-order chi connectivity index (χ1) is 10.7. The molecule has 0 saturated heterocycles. The highest BCUT2D eigenvalue weighted by Gasteiger charge is 2.11. The van der Waals surface area contributed by atoms with E-state index in [2.05, 4.69) is 12.2 Å². The van der Waals surface area contributed by atoms with E-state index in [4.69, 9.17) is 4.74 Å². The minimum atomic E-state index is -0.0912. The number of benzene rings is 2. The van der Waals surface area contributed by atoms with Gasteiger partial charge in [-0.05, 0) is 35.8 Å². The quantitative estimate of drug-likeness (QED) is 0.819. The third kappa shape index (κ3) is 4.48. The Kier molecular flexibility index (Phi) is 5.78. The molecule has 0 heterocycles. The van der Waals surface area contributed by atoms with Gasteiger partial charge in [-0.25, -0.2) is 0 Å². The largest absolute Gasteiger partial charge is 0.497 e. The van der Waals surface area contributed by atoms with Gasteiger partial charge in [-0.1, -0.05) is 49.4 Å². The number of ether oxygens (including phenoxy) is 1. The number of nitrogens with one attached hydrogen (secondary N) is 1. The summed E-state index contributed by atoms with van der Waals surface area (Å²) in [7, 11) is 1.64. The lowest BCUT2D eigenvalue weighted by Gasteiger charge is -2.16. The second kappa shape index (κ2) is 8.03. The van der Waals surface area contributed by atoms with E-state index in [1.165, 1.54) is 0 Å². The monoisotopic (exact) mass is 295 g/mol. The van der Waals surface area contributed by atoms with Crippen LogP contribution in [0.15, 0.2) is 60.7 Å². The average molecular weight is 295 g/mol. The van der Waals surface area contributed by atoms with Gasteiger partial charge in [0.15, 0.2) is 0 Å². The van der Waals surface area contributed by atoms with Gasteiger partial charge in [0.25, 0.3) is 0 Å². The van der Waals surface area contributed by atoms with Crippen LogP contribution < -0.4 is 10.1 Å². The minimum Gasteiger partial charge on any atom is -0.497 e. The zero-order valence-electron chi connectivity index (χ0n) is 13.0. The number of carbonyl (C=O) groups excluding carboxylic acids is 1. The maximum absolute atomic E-state index is 12.1. The molecule has 2 aromatic carbocycles. The van der Waals surface area contributed by atoms with Gasteiger partial charge in [-0.3, -0.25) is 4.79 Å². The summed E-state index contributed by atoms with van der Waals surface area (Å²) in [5.41, 5.74) is 2.08. The number of hydrogen-bond donors (Lipinski definition) is 1. The molecule has 0 spiro atoms. The second-order valence-electron chi connectivity index (χ2n) is 4.99. The molecule has 0 bridgehead atoms. The van der Waals surface area contributed by atoms with Crippen LogP contribution in [-0.2, 0) is 4.79 Å². The molecule has 0 saturated carbocycles. The van der Waals surface area contributed by atoms with E-state index in [1.54, 1.807) is 13.2 Å². The summed E-state index contributed by atoms with van der Waals surface area (Å²) >= 11 is 0. The fourth-order valence-electron chi connectivity index (χ4n) is 2.21. The van der Waals surface area contributed by atoms with E-state index in [1.807, 2.05) is 60.7 Å². The summed E-state index contributed by atoms with van der Waals surface area (Å²) < 4.78 is 5.15. The zero-order chi connectivity index (χ0) is 15.8. The van der Waals surface area contributed by atoms with E-state index < -0.39 is 0 Å². The molecule has 0 aliphatic rings. The molecular weight excluding hydrogens is 274 g/mol. The molecular formula is C19H21NO2. The second-order valence-corrected chi connectivity index (χ2v) is 4.99. The van der Waals surface area contributed by atoms with Crippen molar-refractivity contribution in [1.29, 1.82) is 0 Å². The van der Waals surface area contributed by atoms with Gasteiger partial charge in [-0.15, -0.1) is 0 Å². The Morgan fingerprint density at radius 3 is 2.41 bits per heavy atom. The molecule has 0 aliphatic heterocycles. The topological polar surface area (TPSA) is 38.3 Å². The third-order valence-corrected chi connectivity index (χ3v) is 3.47. The first-order valence-corrected chi connectivity index (χ1v) is 7.40. The lowest BCUT2D eigenvalue weighted by atomic mass is 10.0. The predicted molar refractivity (Wildman–Crippen MR) is 89.6 cm³/mol. The standard InChI is InChI=1S/C19H21NO2/c1-3-18(16-10-12-17(22-2)13-11-16)20-19(21)14-9-15-7-5-4-6-8-15/h4-14,18H,3H2,1-2H3,(H,20,21)/b14-9+/t18-/m1/s1. The van der Waals surface area contributed by atoms with Crippen LogP contribution in [0.4, 0.5) is 0 Å². The van der Waals surface area contributed by atoms with Crippen molar-refractivity contribution in [3.63, 3.8) is 0 Å². The van der Waals surface area contributed by atoms with Crippen molar-refractivity contribution in [2.24, 2.45) is 0 Å². The minimum absolute atomic E-state index is 0.00108. The normalized spacial score (nSPS) is 12.1. The Morgan fingerprint density at radius 2 is 1.82 bits per heavy atom. The van der Waals surface area contributed by atoms with Gasteiger partial charge in [-0.2, -0.15) is 0 Å². The molecule has 0 unspecified atom stereocenters.